The Morgan fingerprint density at radius 1 is 1.18 bits per heavy atom. The van der Waals surface area contributed by atoms with Crippen LogP contribution in [-0.4, -0.2) is 48.9 Å². The number of rotatable bonds is 4. The summed E-state index contributed by atoms with van der Waals surface area (Å²) in [5.41, 5.74) is 2.97. The standard InChI is InChI=1S/C18H23N3O/c1-3-14-6-5-7-15-12-16(13-22)18(19-17(14)15)21-10-8-20(4-2)9-11-21/h5-7,12-13H,3-4,8-11H2,1-2H3. The molecule has 1 fully saturated rings. The molecular weight excluding hydrogens is 274 g/mol. The topological polar surface area (TPSA) is 36.4 Å². The van der Waals surface area contributed by atoms with E-state index < -0.39 is 0 Å². The second-order valence-corrected chi connectivity index (χ2v) is 5.78. The predicted molar refractivity (Wildman–Crippen MR) is 90.8 cm³/mol. The van der Waals surface area contributed by atoms with Gasteiger partial charge in [-0.15, -0.1) is 0 Å². The summed E-state index contributed by atoms with van der Waals surface area (Å²) in [4.78, 5) is 21.1. The molecule has 0 spiro atoms. The van der Waals surface area contributed by atoms with E-state index in [1.807, 2.05) is 18.2 Å². The van der Waals surface area contributed by atoms with Crippen LogP contribution in [0.2, 0.25) is 0 Å². The fourth-order valence-corrected chi connectivity index (χ4v) is 3.17. The van der Waals surface area contributed by atoms with Gasteiger partial charge in [0.15, 0.2) is 6.29 Å². The molecule has 0 amide bonds. The molecule has 1 aromatic heterocycles. The zero-order valence-electron chi connectivity index (χ0n) is 13.4. The first-order chi connectivity index (χ1) is 10.8. The highest BCUT2D eigenvalue weighted by molar-refractivity contribution is 5.93. The molecule has 1 saturated heterocycles. The van der Waals surface area contributed by atoms with Gasteiger partial charge in [0.25, 0.3) is 0 Å². The second kappa shape index (κ2) is 6.44. The molecule has 0 radical (unpaired) electrons. The number of aldehydes is 1. The zero-order valence-corrected chi connectivity index (χ0v) is 13.4. The Morgan fingerprint density at radius 2 is 1.95 bits per heavy atom. The number of pyridine rings is 1. The number of carbonyl (C=O) groups excluding carboxylic acids is 1. The van der Waals surface area contributed by atoms with Crippen molar-refractivity contribution in [2.24, 2.45) is 0 Å². The van der Waals surface area contributed by atoms with E-state index in [0.29, 0.717) is 5.56 Å². The molecule has 22 heavy (non-hydrogen) atoms. The maximum absolute atomic E-state index is 11.5. The molecule has 0 bridgehead atoms. The molecule has 116 valence electrons. The molecule has 0 N–H and O–H groups in total. The maximum Gasteiger partial charge on any atom is 0.153 e. The van der Waals surface area contributed by atoms with E-state index in [1.165, 1.54) is 5.56 Å². The first-order valence-corrected chi connectivity index (χ1v) is 8.12. The van der Waals surface area contributed by atoms with E-state index in [-0.39, 0.29) is 0 Å². The average molecular weight is 297 g/mol. The van der Waals surface area contributed by atoms with Gasteiger partial charge >= 0.3 is 0 Å². The monoisotopic (exact) mass is 297 g/mol. The van der Waals surface area contributed by atoms with Crippen molar-refractivity contribution >= 4 is 23.0 Å². The zero-order chi connectivity index (χ0) is 15.5. The molecule has 1 aromatic carbocycles. The highest BCUT2D eigenvalue weighted by atomic mass is 16.1. The fraction of sp³-hybridized carbons (Fsp3) is 0.444. The summed E-state index contributed by atoms with van der Waals surface area (Å²) in [6, 6.07) is 8.18. The summed E-state index contributed by atoms with van der Waals surface area (Å²) in [5, 5.41) is 1.05. The number of aryl methyl sites for hydroxylation is 1. The molecule has 4 nitrogen and oxygen atoms in total. The highest BCUT2D eigenvalue weighted by Gasteiger charge is 2.20. The van der Waals surface area contributed by atoms with E-state index >= 15 is 0 Å². The van der Waals surface area contributed by atoms with Crippen molar-refractivity contribution in [3.63, 3.8) is 0 Å². The van der Waals surface area contributed by atoms with Crippen LogP contribution in [0.4, 0.5) is 5.82 Å². The third-order valence-electron chi connectivity index (χ3n) is 4.56. The third-order valence-corrected chi connectivity index (χ3v) is 4.56. The van der Waals surface area contributed by atoms with Crippen molar-refractivity contribution in [2.75, 3.05) is 37.6 Å². The minimum Gasteiger partial charge on any atom is -0.353 e. The molecular formula is C18H23N3O. The summed E-state index contributed by atoms with van der Waals surface area (Å²) in [6.07, 6.45) is 1.89. The predicted octanol–water partition coefficient (Wildman–Crippen LogP) is 2.75. The lowest BCUT2D eigenvalue weighted by molar-refractivity contribution is 0.112. The lowest BCUT2D eigenvalue weighted by Gasteiger charge is -2.35. The Labute approximate surface area is 131 Å². The van der Waals surface area contributed by atoms with E-state index in [0.717, 1.165) is 62.2 Å². The Morgan fingerprint density at radius 3 is 2.59 bits per heavy atom. The number of hydrogen-bond acceptors (Lipinski definition) is 4. The molecule has 0 saturated carbocycles. The highest BCUT2D eigenvalue weighted by Crippen LogP contribution is 2.26. The smallest absolute Gasteiger partial charge is 0.153 e. The van der Waals surface area contributed by atoms with Gasteiger partial charge in [0.2, 0.25) is 0 Å². The molecule has 2 aromatic rings. The second-order valence-electron chi connectivity index (χ2n) is 5.78. The van der Waals surface area contributed by atoms with Crippen LogP contribution in [0.1, 0.15) is 29.8 Å². The van der Waals surface area contributed by atoms with Gasteiger partial charge in [0.1, 0.15) is 5.82 Å². The van der Waals surface area contributed by atoms with Crippen LogP contribution < -0.4 is 4.90 Å². The van der Waals surface area contributed by atoms with Gasteiger partial charge in [-0.05, 0) is 24.6 Å². The number of para-hydroxylation sites is 1. The van der Waals surface area contributed by atoms with Crippen molar-refractivity contribution in [3.05, 3.63) is 35.4 Å². The first-order valence-electron chi connectivity index (χ1n) is 8.12. The average Bonchev–Trinajstić information content (AvgIpc) is 2.60. The van der Waals surface area contributed by atoms with E-state index in [1.54, 1.807) is 0 Å². The van der Waals surface area contributed by atoms with Crippen LogP contribution in [0.3, 0.4) is 0 Å². The van der Waals surface area contributed by atoms with Crippen LogP contribution in [0.15, 0.2) is 24.3 Å². The Kier molecular flexibility index (Phi) is 4.39. The summed E-state index contributed by atoms with van der Waals surface area (Å²) in [5.74, 6) is 0.846. The number of aromatic nitrogens is 1. The summed E-state index contributed by atoms with van der Waals surface area (Å²) in [6.45, 7) is 9.34. The summed E-state index contributed by atoms with van der Waals surface area (Å²) in [7, 11) is 0. The van der Waals surface area contributed by atoms with Gasteiger partial charge in [-0.3, -0.25) is 4.79 Å². The molecule has 2 heterocycles. The van der Waals surface area contributed by atoms with E-state index in [4.69, 9.17) is 4.98 Å². The van der Waals surface area contributed by atoms with Crippen LogP contribution in [0.5, 0.6) is 0 Å². The third kappa shape index (κ3) is 2.71. The normalized spacial score (nSPS) is 16.2. The first kappa shape index (κ1) is 15.0. The number of anilines is 1. The van der Waals surface area contributed by atoms with Crippen molar-refractivity contribution in [1.82, 2.24) is 9.88 Å². The summed E-state index contributed by atoms with van der Waals surface area (Å²) < 4.78 is 0. The maximum atomic E-state index is 11.5. The van der Waals surface area contributed by atoms with E-state index in [9.17, 15) is 4.79 Å². The number of piperazine rings is 1. The lowest BCUT2D eigenvalue weighted by Crippen LogP contribution is -2.46. The SMILES string of the molecule is CCc1cccc2cc(C=O)c(N3CCN(CC)CC3)nc12. The molecule has 0 unspecified atom stereocenters. The molecule has 0 atom stereocenters. The van der Waals surface area contributed by atoms with Crippen molar-refractivity contribution in [1.29, 1.82) is 0 Å². The van der Waals surface area contributed by atoms with Crippen molar-refractivity contribution < 1.29 is 4.79 Å². The van der Waals surface area contributed by atoms with Gasteiger partial charge in [0, 0.05) is 31.6 Å². The van der Waals surface area contributed by atoms with Gasteiger partial charge in [0.05, 0.1) is 11.1 Å². The van der Waals surface area contributed by atoms with Gasteiger partial charge in [-0.1, -0.05) is 32.0 Å². The Bertz CT molecular complexity index is 675. The number of nitrogens with zero attached hydrogens (tertiary/aromatic N) is 3. The molecule has 0 aliphatic carbocycles. The summed E-state index contributed by atoms with van der Waals surface area (Å²) >= 11 is 0. The number of benzene rings is 1. The van der Waals surface area contributed by atoms with Crippen molar-refractivity contribution in [2.45, 2.75) is 20.3 Å². The minimum absolute atomic E-state index is 0.700. The number of likely N-dealkylation sites (N-methyl/N-ethyl adjacent to an activating group) is 1. The number of carbonyl (C=O) groups is 1. The molecule has 1 aliphatic heterocycles. The molecule has 1 aliphatic rings. The van der Waals surface area contributed by atoms with Crippen LogP contribution in [0, 0.1) is 0 Å². The minimum atomic E-state index is 0.700. The molecule has 4 heteroatoms. The largest absolute Gasteiger partial charge is 0.353 e. The number of fused-ring (bicyclic) bond motifs is 1. The number of hydrogen-bond donors (Lipinski definition) is 0. The van der Waals surface area contributed by atoms with Crippen LogP contribution in [0.25, 0.3) is 10.9 Å². The van der Waals surface area contributed by atoms with Crippen LogP contribution in [-0.2, 0) is 6.42 Å². The fourth-order valence-electron chi connectivity index (χ4n) is 3.17. The van der Waals surface area contributed by atoms with Crippen molar-refractivity contribution in [3.8, 4) is 0 Å². The molecule has 3 rings (SSSR count). The van der Waals surface area contributed by atoms with E-state index in [2.05, 4.69) is 29.7 Å². The quantitative estimate of drug-likeness (QED) is 0.813. The Hall–Kier alpha value is -1.94. The lowest BCUT2D eigenvalue weighted by atomic mass is 10.1. The van der Waals surface area contributed by atoms with Gasteiger partial charge < -0.3 is 9.80 Å². The van der Waals surface area contributed by atoms with Crippen LogP contribution >= 0.6 is 0 Å². The Balaban J connectivity index is 2.02. The van der Waals surface area contributed by atoms with Gasteiger partial charge in [-0.2, -0.15) is 0 Å². The van der Waals surface area contributed by atoms with Gasteiger partial charge in [-0.25, -0.2) is 4.98 Å².